The molecule has 0 amide bonds. The third-order valence-corrected chi connectivity index (χ3v) is 9.95. The van der Waals surface area contributed by atoms with Gasteiger partial charge >= 0.3 is 23.1 Å². The van der Waals surface area contributed by atoms with Crippen LogP contribution in [0.5, 0.6) is 0 Å². The van der Waals surface area contributed by atoms with Gasteiger partial charge in [-0.05, 0) is 23.5 Å². The van der Waals surface area contributed by atoms with E-state index in [1.165, 1.54) is 0 Å². The molecule has 106 valence electrons. The average Bonchev–Trinajstić information content (AvgIpc) is 2.12. The van der Waals surface area contributed by atoms with E-state index in [1.54, 1.807) is 0 Å². The fraction of sp³-hybridized carbons (Fsp3) is 0.929. The van der Waals surface area contributed by atoms with E-state index < -0.39 is 8.32 Å². The second kappa shape index (κ2) is 11.1. The van der Waals surface area contributed by atoms with E-state index in [4.69, 9.17) is 4.43 Å². The maximum atomic E-state index is 6.56. The van der Waals surface area contributed by atoms with Crippen LogP contribution in [0.15, 0.2) is 0 Å². The van der Waals surface area contributed by atoms with E-state index in [2.05, 4.69) is 55.4 Å². The first-order valence-corrected chi connectivity index (χ1v) is 8.90. The first-order chi connectivity index (χ1) is 7.28. The third kappa shape index (κ3) is 6.25. The standard InChI is InChI=1S/C14H31OSi.BrH.Mg/c1-9-10-14(8)15-16(11(2)3,12(4)5)13(6)7;;/h11-14H,1,9-10H2,2-8H3;1H;/q-1;;+2/p-1. The largest absolute Gasteiger partial charge is 2.00 e. The zero-order chi connectivity index (χ0) is 12.9. The smallest absolute Gasteiger partial charge is 1.00 e. The summed E-state index contributed by atoms with van der Waals surface area (Å²) in [5, 5.41) is 0. The SMILES string of the molecule is [Br-].[CH2-]CCC(C)O[Si](C(C)C)(C(C)C)C(C)C.[Mg+2]. The van der Waals surface area contributed by atoms with Gasteiger partial charge < -0.3 is 28.3 Å². The fourth-order valence-electron chi connectivity index (χ4n) is 3.10. The fourth-order valence-corrected chi connectivity index (χ4v) is 8.73. The Labute approximate surface area is 143 Å². The van der Waals surface area contributed by atoms with Crippen LogP contribution in [0.4, 0.5) is 0 Å². The molecule has 1 atom stereocenters. The van der Waals surface area contributed by atoms with Crippen LogP contribution in [0, 0.1) is 6.92 Å². The molecule has 0 aliphatic carbocycles. The van der Waals surface area contributed by atoms with Crippen LogP contribution in [-0.4, -0.2) is 37.5 Å². The predicted molar refractivity (Wildman–Crippen MR) is 81.9 cm³/mol. The molecule has 0 rings (SSSR count). The van der Waals surface area contributed by atoms with Gasteiger partial charge in [-0.2, -0.15) is 6.42 Å². The van der Waals surface area contributed by atoms with Crippen molar-refractivity contribution in [2.45, 2.75) is 84.0 Å². The van der Waals surface area contributed by atoms with Gasteiger partial charge in [0.2, 0.25) is 8.32 Å². The van der Waals surface area contributed by atoms with E-state index in [-0.39, 0.29) is 40.0 Å². The van der Waals surface area contributed by atoms with E-state index in [0.717, 1.165) is 12.8 Å². The van der Waals surface area contributed by atoms with Crippen molar-refractivity contribution in [2.75, 3.05) is 0 Å². The number of hydrogen-bond acceptors (Lipinski definition) is 1. The van der Waals surface area contributed by atoms with Gasteiger partial charge in [-0.1, -0.05) is 48.0 Å². The van der Waals surface area contributed by atoms with Crippen molar-refractivity contribution in [3.05, 3.63) is 6.92 Å². The molecule has 0 spiro atoms. The van der Waals surface area contributed by atoms with Crippen molar-refractivity contribution in [3.63, 3.8) is 0 Å². The summed E-state index contributed by atoms with van der Waals surface area (Å²) in [7, 11) is -1.66. The minimum Gasteiger partial charge on any atom is -1.00 e. The summed E-state index contributed by atoms with van der Waals surface area (Å²) >= 11 is 0. The number of halogens is 1. The van der Waals surface area contributed by atoms with Crippen molar-refractivity contribution in [2.24, 2.45) is 0 Å². The molecule has 1 nitrogen and oxygen atoms in total. The van der Waals surface area contributed by atoms with Crippen LogP contribution in [-0.2, 0) is 4.43 Å². The topological polar surface area (TPSA) is 9.23 Å². The molecular weight excluding hydrogens is 316 g/mol. The normalized spacial score (nSPS) is 13.5. The van der Waals surface area contributed by atoms with E-state index >= 15 is 0 Å². The molecule has 18 heavy (non-hydrogen) atoms. The molecule has 0 aliphatic rings. The summed E-state index contributed by atoms with van der Waals surface area (Å²) in [5.74, 6) is 0. The summed E-state index contributed by atoms with van der Waals surface area (Å²) in [4.78, 5) is 0. The molecule has 0 fully saturated rings. The van der Waals surface area contributed by atoms with Gasteiger partial charge in [-0.15, -0.1) is 0 Å². The van der Waals surface area contributed by atoms with Gasteiger partial charge in [0.15, 0.2) is 0 Å². The van der Waals surface area contributed by atoms with Crippen LogP contribution in [0.2, 0.25) is 16.6 Å². The van der Waals surface area contributed by atoms with E-state index in [0.29, 0.717) is 22.7 Å². The van der Waals surface area contributed by atoms with Crippen LogP contribution in [0.3, 0.4) is 0 Å². The van der Waals surface area contributed by atoms with Crippen LogP contribution in [0.1, 0.15) is 61.3 Å². The van der Waals surface area contributed by atoms with Gasteiger partial charge in [0, 0.05) is 6.10 Å². The minimum atomic E-state index is -1.66. The molecule has 1 unspecified atom stereocenters. The van der Waals surface area contributed by atoms with E-state index in [1.807, 2.05) is 0 Å². The molecule has 0 saturated carbocycles. The van der Waals surface area contributed by atoms with Gasteiger partial charge in [0.1, 0.15) is 0 Å². The Bertz CT molecular complexity index is 176. The second-order valence-electron chi connectivity index (χ2n) is 5.89. The molecule has 0 aromatic carbocycles. The first kappa shape index (κ1) is 24.4. The van der Waals surface area contributed by atoms with Crippen LogP contribution < -0.4 is 17.0 Å². The Kier molecular flexibility index (Phi) is 15.1. The molecule has 0 bridgehead atoms. The summed E-state index contributed by atoms with van der Waals surface area (Å²) in [6.45, 7) is 20.2. The van der Waals surface area contributed by atoms with Gasteiger partial charge in [0.25, 0.3) is 0 Å². The van der Waals surface area contributed by atoms with Crippen LogP contribution >= 0.6 is 0 Å². The quantitative estimate of drug-likeness (QED) is 0.504. The Morgan fingerprint density at radius 1 is 0.889 bits per heavy atom. The Morgan fingerprint density at radius 3 is 1.44 bits per heavy atom. The maximum absolute atomic E-state index is 6.56. The second-order valence-corrected chi connectivity index (χ2v) is 11.3. The van der Waals surface area contributed by atoms with Gasteiger partial charge in [-0.25, -0.2) is 0 Å². The molecule has 0 aliphatic heterocycles. The molecule has 0 radical (unpaired) electrons. The predicted octanol–water partition coefficient (Wildman–Crippen LogP) is 1.80. The Morgan fingerprint density at radius 2 is 1.22 bits per heavy atom. The van der Waals surface area contributed by atoms with Crippen molar-refractivity contribution in [1.82, 2.24) is 0 Å². The molecular formula is C14H31BrMgOSi. The minimum absolute atomic E-state index is 0. The average molecular weight is 348 g/mol. The molecule has 0 aromatic rings. The Balaban J connectivity index is -0.00000112. The maximum Gasteiger partial charge on any atom is 2.00 e. The van der Waals surface area contributed by atoms with Crippen molar-refractivity contribution in [3.8, 4) is 0 Å². The number of hydrogen-bond donors (Lipinski definition) is 0. The van der Waals surface area contributed by atoms with Crippen molar-refractivity contribution >= 4 is 31.4 Å². The van der Waals surface area contributed by atoms with Gasteiger partial charge in [0.05, 0.1) is 0 Å². The van der Waals surface area contributed by atoms with Gasteiger partial charge in [-0.3, -0.25) is 0 Å². The van der Waals surface area contributed by atoms with Crippen LogP contribution in [0.25, 0.3) is 0 Å². The third-order valence-electron chi connectivity index (χ3n) is 3.72. The monoisotopic (exact) mass is 346 g/mol. The summed E-state index contributed by atoms with van der Waals surface area (Å²) < 4.78 is 6.56. The molecule has 0 heterocycles. The zero-order valence-corrected chi connectivity index (χ0v) is 17.4. The summed E-state index contributed by atoms with van der Waals surface area (Å²) in [5.41, 5.74) is 2.04. The Hall–Kier alpha value is 1.42. The number of rotatable bonds is 7. The molecule has 4 heteroatoms. The molecule has 0 saturated heterocycles. The molecule has 0 aromatic heterocycles. The van der Waals surface area contributed by atoms with Crippen molar-refractivity contribution in [1.29, 1.82) is 0 Å². The zero-order valence-electron chi connectivity index (χ0n) is 13.4. The first-order valence-electron chi connectivity index (χ1n) is 6.76. The summed E-state index contributed by atoms with van der Waals surface area (Å²) in [6.07, 6.45) is 2.43. The van der Waals surface area contributed by atoms with Crippen molar-refractivity contribution < 1.29 is 21.4 Å². The van der Waals surface area contributed by atoms with E-state index in [9.17, 15) is 0 Å². The summed E-state index contributed by atoms with van der Waals surface area (Å²) in [6, 6.07) is 0. The molecule has 0 N–H and O–H groups in total.